The molecule has 0 aliphatic rings. The highest BCUT2D eigenvalue weighted by molar-refractivity contribution is 8.02. The van der Waals surface area contributed by atoms with Crippen molar-refractivity contribution >= 4 is 34.8 Å². The molecule has 7 heteroatoms. The first-order chi connectivity index (χ1) is 13.9. The lowest BCUT2D eigenvalue weighted by Crippen LogP contribution is -2.22. The largest absolute Gasteiger partial charge is 0.356 e. The molecule has 1 heterocycles. The number of hydrogen-bond donors (Lipinski definition) is 1. The second kappa shape index (κ2) is 9.80. The number of carbonyl (C=O) groups is 2. The highest BCUT2D eigenvalue weighted by Gasteiger charge is 2.18. The molecule has 2 aromatic carbocycles. The molecular formula is C22H21FN2O2S2. The molecule has 0 fully saturated rings. The van der Waals surface area contributed by atoms with Gasteiger partial charge in [0.1, 0.15) is 5.82 Å². The van der Waals surface area contributed by atoms with Gasteiger partial charge in [-0.05, 0) is 43.2 Å². The van der Waals surface area contributed by atoms with Crippen molar-refractivity contribution in [1.82, 2.24) is 10.3 Å². The monoisotopic (exact) mass is 428 g/mol. The van der Waals surface area contributed by atoms with Crippen molar-refractivity contribution in [2.24, 2.45) is 0 Å². The summed E-state index contributed by atoms with van der Waals surface area (Å²) >= 11 is 2.90. The molecule has 150 valence electrons. The number of nitrogens with one attached hydrogen (secondary N) is 1. The van der Waals surface area contributed by atoms with Crippen LogP contribution in [0.4, 0.5) is 4.39 Å². The summed E-state index contributed by atoms with van der Waals surface area (Å²) < 4.78 is 13.9. The predicted molar refractivity (Wildman–Crippen MR) is 116 cm³/mol. The van der Waals surface area contributed by atoms with Crippen LogP contribution in [0.3, 0.4) is 0 Å². The lowest BCUT2D eigenvalue weighted by atomic mass is 10.0. The molecule has 0 radical (unpaired) electrons. The van der Waals surface area contributed by atoms with E-state index in [1.165, 1.54) is 42.2 Å². The summed E-state index contributed by atoms with van der Waals surface area (Å²) in [6, 6.07) is 13.7. The van der Waals surface area contributed by atoms with Gasteiger partial charge in [0.05, 0.1) is 10.9 Å². The average Bonchev–Trinajstić information content (AvgIpc) is 3.16. The number of ketones is 1. The predicted octanol–water partition coefficient (Wildman–Crippen LogP) is 4.99. The van der Waals surface area contributed by atoms with Crippen LogP contribution in [-0.4, -0.2) is 28.5 Å². The molecule has 0 aliphatic carbocycles. The van der Waals surface area contributed by atoms with Crippen molar-refractivity contribution in [3.8, 4) is 11.3 Å². The lowest BCUT2D eigenvalue weighted by Gasteiger charge is -2.09. The molecule has 1 amide bonds. The van der Waals surface area contributed by atoms with E-state index in [0.29, 0.717) is 12.1 Å². The van der Waals surface area contributed by atoms with E-state index in [9.17, 15) is 14.0 Å². The molecule has 3 aromatic rings. The van der Waals surface area contributed by atoms with Crippen LogP contribution in [0, 0.1) is 5.82 Å². The van der Waals surface area contributed by atoms with Crippen LogP contribution in [0.25, 0.3) is 11.3 Å². The fraction of sp³-hybridized carbons (Fsp3) is 0.227. The minimum atomic E-state index is -0.279. The number of thiazole rings is 1. The highest BCUT2D eigenvalue weighted by atomic mass is 32.2. The first-order valence-corrected chi connectivity index (χ1v) is 10.9. The van der Waals surface area contributed by atoms with Gasteiger partial charge in [0.15, 0.2) is 10.1 Å². The molecule has 1 unspecified atom stereocenters. The van der Waals surface area contributed by atoms with Gasteiger partial charge in [0.25, 0.3) is 0 Å². The van der Waals surface area contributed by atoms with E-state index in [4.69, 9.17) is 0 Å². The van der Waals surface area contributed by atoms with Crippen LogP contribution in [0.1, 0.15) is 29.8 Å². The third-order valence-electron chi connectivity index (χ3n) is 4.30. The second-order valence-electron chi connectivity index (χ2n) is 6.56. The summed E-state index contributed by atoms with van der Waals surface area (Å²) in [6.45, 7) is 3.94. The van der Waals surface area contributed by atoms with Gasteiger partial charge in [0.2, 0.25) is 5.91 Å². The quantitative estimate of drug-likeness (QED) is 0.406. The number of rotatable bonds is 8. The fourth-order valence-corrected chi connectivity index (χ4v) is 4.77. The molecule has 1 N–H and O–H groups in total. The van der Waals surface area contributed by atoms with Crippen molar-refractivity contribution in [1.29, 1.82) is 0 Å². The maximum Gasteiger partial charge on any atom is 0.216 e. The van der Waals surface area contributed by atoms with Gasteiger partial charge in [-0.1, -0.05) is 36.0 Å². The maximum atomic E-state index is 13.1. The Balaban J connectivity index is 1.59. The molecule has 3 rings (SSSR count). The van der Waals surface area contributed by atoms with Crippen LogP contribution in [0.15, 0.2) is 58.3 Å². The number of thioether (sulfide) groups is 1. The number of Topliss-reactive ketones (excluding diaryl/α,β-unsaturated/α-hetero) is 1. The van der Waals surface area contributed by atoms with E-state index >= 15 is 0 Å². The number of aromatic nitrogens is 1. The Kier molecular flexibility index (Phi) is 7.17. The van der Waals surface area contributed by atoms with E-state index < -0.39 is 0 Å². The van der Waals surface area contributed by atoms with Crippen LogP contribution in [0.5, 0.6) is 0 Å². The van der Waals surface area contributed by atoms with Crippen molar-refractivity contribution in [3.63, 3.8) is 0 Å². The van der Waals surface area contributed by atoms with E-state index in [2.05, 4.69) is 10.3 Å². The summed E-state index contributed by atoms with van der Waals surface area (Å²) in [5.41, 5.74) is 3.35. The summed E-state index contributed by atoms with van der Waals surface area (Å²) in [6.07, 6.45) is 0.726. The molecule has 0 aliphatic heterocycles. The first-order valence-electron chi connectivity index (χ1n) is 9.18. The summed E-state index contributed by atoms with van der Waals surface area (Å²) in [5, 5.41) is 4.40. The lowest BCUT2D eigenvalue weighted by molar-refractivity contribution is -0.118. The van der Waals surface area contributed by atoms with Crippen LogP contribution in [-0.2, 0) is 11.2 Å². The molecule has 0 saturated carbocycles. The van der Waals surface area contributed by atoms with Gasteiger partial charge in [0, 0.05) is 30.0 Å². The van der Waals surface area contributed by atoms with Crippen LogP contribution >= 0.6 is 23.1 Å². The van der Waals surface area contributed by atoms with Gasteiger partial charge in [-0.25, -0.2) is 9.37 Å². The van der Waals surface area contributed by atoms with Crippen LogP contribution < -0.4 is 5.32 Å². The first kappa shape index (κ1) is 21.2. The minimum Gasteiger partial charge on any atom is -0.356 e. The smallest absolute Gasteiger partial charge is 0.216 e. The zero-order valence-corrected chi connectivity index (χ0v) is 17.8. The SMILES string of the molecule is CC(=O)NCCc1ccc(C(=O)C(C)Sc2nc(-c3ccc(F)cc3)cs2)cc1. The highest BCUT2D eigenvalue weighted by Crippen LogP contribution is 2.32. The zero-order chi connectivity index (χ0) is 20.8. The van der Waals surface area contributed by atoms with E-state index in [1.807, 2.05) is 36.6 Å². The Hall–Kier alpha value is -2.51. The third-order valence-corrected chi connectivity index (χ3v) is 6.37. The van der Waals surface area contributed by atoms with Crippen molar-refractivity contribution < 1.29 is 14.0 Å². The Morgan fingerprint density at radius 2 is 1.83 bits per heavy atom. The second-order valence-corrected chi connectivity index (χ2v) is 9.01. The molecule has 0 bridgehead atoms. The molecule has 1 atom stereocenters. The number of nitrogens with zero attached hydrogens (tertiary/aromatic N) is 1. The Bertz CT molecular complexity index is 985. The van der Waals surface area contributed by atoms with E-state index in [-0.39, 0.29) is 22.8 Å². The van der Waals surface area contributed by atoms with Crippen LogP contribution in [0.2, 0.25) is 0 Å². The van der Waals surface area contributed by atoms with Crippen molar-refractivity contribution in [2.75, 3.05) is 6.54 Å². The summed E-state index contributed by atoms with van der Waals surface area (Å²) in [4.78, 5) is 28.2. The molecule has 4 nitrogen and oxygen atoms in total. The van der Waals surface area contributed by atoms with E-state index in [0.717, 1.165) is 27.6 Å². The Labute approximate surface area is 177 Å². The Morgan fingerprint density at radius 3 is 2.48 bits per heavy atom. The Morgan fingerprint density at radius 1 is 1.14 bits per heavy atom. The topological polar surface area (TPSA) is 59.1 Å². The van der Waals surface area contributed by atoms with Gasteiger partial charge in [-0.15, -0.1) is 11.3 Å². The van der Waals surface area contributed by atoms with Gasteiger partial charge < -0.3 is 5.32 Å². The van der Waals surface area contributed by atoms with Gasteiger partial charge in [-0.2, -0.15) is 0 Å². The standard InChI is InChI=1S/C22H21FN2O2S2/c1-14(21(27)18-5-3-16(4-6-18)11-12-24-15(2)26)29-22-25-20(13-28-22)17-7-9-19(23)10-8-17/h3-10,13-14H,11-12H2,1-2H3,(H,24,26). The number of benzene rings is 2. The molecule has 0 spiro atoms. The van der Waals surface area contributed by atoms with Gasteiger partial charge in [-0.3, -0.25) is 9.59 Å². The third kappa shape index (κ3) is 5.98. The fourth-order valence-electron chi connectivity index (χ4n) is 2.72. The van der Waals surface area contributed by atoms with Crippen molar-refractivity contribution in [2.45, 2.75) is 29.9 Å². The number of amides is 1. The summed E-state index contributed by atoms with van der Waals surface area (Å²) in [7, 11) is 0. The molecule has 1 aromatic heterocycles. The van der Waals surface area contributed by atoms with Gasteiger partial charge >= 0.3 is 0 Å². The number of halogens is 1. The minimum absolute atomic E-state index is 0.0435. The number of carbonyl (C=O) groups excluding carboxylic acids is 2. The molecule has 0 saturated heterocycles. The summed E-state index contributed by atoms with van der Waals surface area (Å²) in [5.74, 6) is -0.284. The zero-order valence-electron chi connectivity index (χ0n) is 16.1. The average molecular weight is 429 g/mol. The maximum absolute atomic E-state index is 13.1. The molecular weight excluding hydrogens is 407 g/mol. The van der Waals surface area contributed by atoms with Crippen molar-refractivity contribution in [3.05, 3.63) is 70.9 Å². The van der Waals surface area contributed by atoms with E-state index in [1.54, 1.807) is 12.1 Å². The normalized spacial score (nSPS) is 11.8. The molecule has 29 heavy (non-hydrogen) atoms. The number of hydrogen-bond acceptors (Lipinski definition) is 5.